The molecule has 0 radical (unpaired) electrons. The summed E-state index contributed by atoms with van der Waals surface area (Å²) < 4.78 is 39.1. The van der Waals surface area contributed by atoms with E-state index in [0.717, 1.165) is 16.2 Å². The summed E-state index contributed by atoms with van der Waals surface area (Å²) in [6.07, 6.45) is -1.97. The molecule has 2 heterocycles. The quantitative estimate of drug-likeness (QED) is 0.782. The average Bonchev–Trinajstić information content (AvgIpc) is 2.74. The van der Waals surface area contributed by atoms with Gasteiger partial charge in [0.05, 0.1) is 6.20 Å². The molecule has 1 amide bonds. The molecule has 3 nitrogen and oxygen atoms in total. The monoisotopic (exact) mass is 342 g/mol. The van der Waals surface area contributed by atoms with Gasteiger partial charge in [-0.15, -0.1) is 11.3 Å². The summed E-state index contributed by atoms with van der Waals surface area (Å²) >= 11 is 4.14. The fourth-order valence-electron chi connectivity index (χ4n) is 2.01. The molecule has 1 aliphatic heterocycles. The number of amides is 1. The van der Waals surface area contributed by atoms with Crippen LogP contribution in [0.15, 0.2) is 10.1 Å². The number of halogens is 4. The minimum Gasteiger partial charge on any atom is -0.326 e. The third-order valence-corrected chi connectivity index (χ3v) is 4.29. The first kappa shape index (κ1) is 13.8. The minimum atomic E-state index is -4.36. The number of nitrogens with zero attached hydrogens (tertiary/aromatic N) is 2. The van der Waals surface area contributed by atoms with E-state index in [9.17, 15) is 18.0 Å². The molecule has 1 aromatic heterocycles. The summed E-state index contributed by atoms with van der Waals surface area (Å²) in [5.41, 5.74) is 0. The Labute approximate surface area is 114 Å². The largest absolute Gasteiger partial charge is 0.408 e. The van der Waals surface area contributed by atoms with Gasteiger partial charge in [0, 0.05) is 6.54 Å². The number of hydrogen-bond donors (Lipinski definition) is 0. The average molecular weight is 343 g/mol. The molecule has 0 N–H and O–H groups in total. The van der Waals surface area contributed by atoms with Crippen LogP contribution in [0.3, 0.4) is 0 Å². The van der Waals surface area contributed by atoms with Gasteiger partial charge >= 0.3 is 6.18 Å². The molecule has 8 heteroatoms. The topological polar surface area (TPSA) is 33.2 Å². The molecule has 1 aromatic rings. The number of alkyl halides is 3. The van der Waals surface area contributed by atoms with Crippen LogP contribution in [0.4, 0.5) is 13.2 Å². The summed E-state index contributed by atoms with van der Waals surface area (Å²) in [6, 6.07) is -1.67. The number of hydrogen-bond acceptors (Lipinski definition) is 3. The minimum absolute atomic E-state index is 0.0186. The second-order valence-electron chi connectivity index (χ2n) is 4.03. The van der Waals surface area contributed by atoms with Gasteiger partial charge in [0.1, 0.15) is 10.9 Å². The van der Waals surface area contributed by atoms with Gasteiger partial charge in [0.25, 0.3) is 5.91 Å². The standard InChI is InChI=1S/C10H10BrF3N2OS/c11-9-15-5-6(18-9)8(17)16-4-2-1-3-7(16)10(12,13)14/h5,7H,1-4H2. The van der Waals surface area contributed by atoms with E-state index in [4.69, 9.17) is 0 Å². The highest BCUT2D eigenvalue weighted by atomic mass is 79.9. The van der Waals surface area contributed by atoms with Crippen LogP contribution in [0.1, 0.15) is 28.9 Å². The van der Waals surface area contributed by atoms with Crippen molar-refractivity contribution in [3.63, 3.8) is 0 Å². The first-order valence-corrected chi connectivity index (χ1v) is 6.99. The van der Waals surface area contributed by atoms with E-state index in [1.807, 2.05) is 0 Å². The lowest BCUT2D eigenvalue weighted by Crippen LogP contribution is -2.51. The van der Waals surface area contributed by atoms with Crippen molar-refractivity contribution < 1.29 is 18.0 Å². The van der Waals surface area contributed by atoms with Gasteiger partial charge in [-0.25, -0.2) is 4.98 Å². The zero-order valence-electron chi connectivity index (χ0n) is 9.21. The zero-order valence-corrected chi connectivity index (χ0v) is 11.6. The Morgan fingerprint density at radius 2 is 2.22 bits per heavy atom. The van der Waals surface area contributed by atoms with E-state index in [0.29, 0.717) is 16.8 Å². The molecule has 18 heavy (non-hydrogen) atoms. The van der Waals surface area contributed by atoms with E-state index < -0.39 is 18.1 Å². The first-order chi connectivity index (χ1) is 8.39. The predicted molar refractivity (Wildman–Crippen MR) is 64.5 cm³/mol. The Morgan fingerprint density at radius 3 is 2.78 bits per heavy atom. The van der Waals surface area contributed by atoms with Crippen LogP contribution in [-0.2, 0) is 0 Å². The van der Waals surface area contributed by atoms with Crippen molar-refractivity contribution in [2.45, 2.75) is 31.5 Å². The summed E-state index contributed by atoms with van der Waals surface area (Å²) in [4.78, 5) is 17.0. The molecule has 1 atom stereocenters. The van der Waals surface area contributed by atoms with Crippen molar-refractivity contribution in [1.82, 2.24) is 9.88 Å². The number of carbonyl (C=O) groups is 1. The van der Waals surface area contributed by atoms with Crippen molar-refractivity contribution in [1.29, 1.82) is 0 Å². The molecule has 0 spiro atoms. The number of carbonyl (C=O) groups excluding carboxylic acids is 1. The third kappa shape index (κ3) is 2.85. The number of rotatable bonds is 1. The second kappa shape index (κ2) is 5.16. The Bertz CT molecular complexity index is 449. The summed E-state index contributed by atoms with van der Waals surface area (Å²) in [5.74, 6) is -0.583. The van der Waals surface area contributed by atoms with Crippen LogP contribution in [-0.4, -0.2) is 34.6 Å². The number of thiazole rings is 1. The lowest BCUT2D eigenvalue weighted by atomic mass is 10.0. The van der Waals surface area contributed by atoms with Gasteiger partial charge in [-0.1, -0.05) is 0 Å². The molecular formula is C10H10BrF3N2OS. The highest BCUT2D eigenvalue weighted by molar-refractivity contribution is 9.11. The van der Waals surface area contributed by atoms with Crippen LogP contribution < -0.4 is 0 Å². The van der Waals surface area contributed by atoms with Crippen LogP contribution in [0, 0.1) is 0 Å². The molecule has 2 rings (SSSR count). The van der Waals surface area contributed by atoms with E-state index in [-0.39, 0.29) is 17.8 Å². The molecule has 1 fully saturated rings. The van der Waals surface area contributed by atoms with E-state index in [1.165, 1.54) is 6.20 Å². The van der Waals surface area contributed by atoms with Gasteiger partial charge in [0.2, 0.25) is 0 Å². The lowest BCUT2D eigenvalue weighted by Gasteiger charge is -2.36. The van der Waals surface area contributed by atoms with Gasteiger partial charge < -0.3 is 4.90 Å². The fraction of sp³-hybridized carbons (Fsp3) is 0.600. The maximum absolute atomic E-state index is 12.9. The molecule has 0 bridgehead atoms. The third-order valence-electron chi connectivity index (χ3n) is 2.83. The van der Waals surface area contributed by atoms with Crippen molar-refractivity contribution in [3.05, 3.63) is 15.0 Å². The van der Waals surface area contributed by atoms with Crippen LogP contribution in [0.5, 0.6) is 0 Å². The van der Waals surface area contributed by atoms with Crippen molar-refractivity contribution in [3.8, 4) is 0 Å². The van der Waals surface area contributed by atoms with Crippen LogP contribution >= 0.6 is 27.3 Å². The molecule has 0 aliphatic carbocycles. The van der Waals surface area contributed by atoms with Crippen LogP contribution in [0.2, 0.25) is 0 Å². The molecule has 1 aliphatic rings. The SMILES string of the molecule is O=C(c1cnc(Br)s1)N1CCCCC1C(F)(F)F. The Balaban J connectivity index is 2.21. The Kier molecular flexibility index (Phi) is 3.96. The normalized spacial score (nSPS) is 21.1. The van der Waals surface area contributed by atoms with E-state index >= 15 is 0 Å². The van der Waals surface area contributed by atoms with Gasteiger partial charge in [0.15, 0.2) is 3.92 Å². The number of likely N-dealkylation sites (tertiary alicyclic amines) is 1. The van der Waals surface area contributed by atoms with Gasteiger partial charge in [-0.3, -0.25) is 4.79 Å². The molecule has 0 aromatic carbocycles. The number of aromatic nitrogens is 1. The van der Waals surface area contributed by atoms with Gasteiger partial charge in [-0.2, -0.15) is 13.2 Å². The van der Waals surface area contributed by atoms with E-state index in [2.05, 4.69) is 20.9 Å². The fourth-order valence-corrected chi connectivity index (χ4v) is 3.23. The Morgan fingerprint density at radius 1 is 1.50 bits per heavy atom. The van der Waals surface area contributed by atoms with Crippen LogP contribution in [0.25, 0.3) is 0 Å². The summed E-state index contributed by atoms with van der Waals surface area (Å²) in [7, 11) is 0. The highest BCUT2D eigenvalue weighted by Gasteiger charge is 2.46. The summed E-state index contributed by atoms with van der Waals surface area (Å²) in [5, 5.41) is 0. The highest BCUT2D eigenvalue weighted by Crippen LogP contribution is 2.33. The van der Waals surface area contributed by atoms with Crippen molar-refractivity contribution in [2.24, 2.45) is 0 Å². The maximum Gasteiger partial charge on any atom is 0.408 e. The second-order valence-corrected chi connectivity index (χ2v) is 6.34. The maximum atomic E-state index is 12.9. The van der Waals surface area contributed by atoms with Crippen molar-refractivity contribution >= 4 is 33.2 Å². The van der Waals surface area contributed by atoms with Crippen molar-refractivity contribution in [2.75, 3.05) is 6.54 Å². The first-order valence-electron chi connectivity index (χ1n) is 5.38. The van der Waals surface area contributed by atoms with Gasteiger partial charge in [-0.05, 0) is 35.2 Å². The molecular weight excluding hydrogens is 333 g/mol. The molecule has 0 saturated carbocycles. The summed E-state index contributed by atoms with van der Waals surface area (Å²) in [6.45, 7) is 0.151. The smallest absolute Gasteiger partial charge is 0.326 e. The Hall–Kier alpha value is -0.630. The number of piperidine rings is 1. The predicted octanol–water partition coefficient (Wildman–Crippen LogP) is 3.46. The zero-order chi connectivity index (χ0) is 13.3. The van der Waals surface area contributed by atoms with E-state index in [1.54, 1.807) is 0 Å². The molecule has 100 valence electrons. The molecule has 1 saturated heterocycles. The lowest BCUT2D eigenvalue weighted by molar-refractivity contribution is -0.183. The molecule has 1 unspecified atom stereocenters.